The highest BCUT2D eigenvalue weighted by Crippen LogP contribution is 2.27. The number of nitro benzene ring substituents is 1. The maximum atomic E-state index is 12.5. The normalized spacial score (nSPS) is 12.1. The van der Waals surface area contributed by atoms with Crippen LogP contribution < -0.4 is 11.1 Å². The molecule has 1 heterocycles. The first-order valence-corrected chi connectivity index (χ1v) is 7.61. The summed E-state index contributed by atoms with van der Waals surface area (Å²) in [7, 11) is 0. The Bertz CT molecular complexity index is 1040. The van der Waals surface area contributed by atoms with Crippen LogP contribution >= 0.6 is 11.6 Å². The van der Waals surface area contributed by atoms with Gasteiger partial charge in [-0.1, -0.05) is 23.7 Å². The topological polar surface area (TPSA) is 107 Å². The average molecular weight is 362 g/mol. The number of hydrogen-bond acceptors (Lipinski definition) is 5. The van der Waals surface area contributed by atoms with Crippen LogP contribution in [0.2, 0.25) is 5.02 Å². The number of fused-ring (bicyclic) bond motifs is 1. The van der Waals surface area contributed by atoms with Gasteiger partial charge in [0.15, 0.2) is 5.58 Å². The fraction of sp³-hybridized carbons (Fsp3) is 0.125. The minimum Gasteiger partial charge on any atom is -0.408 e. The lowest BCUT2D eigenvalue weighted by molar-refractivity contribution is -0.384. The SMILES string of the molecule is CC(C(=O)Nc1ccc([N+](=O)[O-])cc1Cl)n1c(=O)oc2ccccc21. The number of rotatable bonds is 4. The van der Waals surface area contributed by atoms with Crippen LogP contribution in [0, 0.1) is 10.1 Å². The van der Waals surface area contributed by atoms with Gasteiger partial charge in [0.25, 0.3) is 5.69 Å². The Labute approximate surface area is 145 Å². The van der Waals surface area contributed by atoms with Crippen LogP contribution in [0.25, 0.3) is 11.1 Å². The number of anilines is 1. The Hall–Kier alpha value is -3.13. The molecule has 0 saturated heterocycles. The molecule has 0 spiro atoms. The number of benzene rings is 2. The number of hydrogen-bond donors (Lipinski definition) is 1. The Kier molecular flexibility index (Phi) is 4.28. The summed E-state index contributed by atoms with van der Waals surface area (Å²) in [5.74, 6) is -1.16. The van der Waals surface area contributed by atoms with Gasteiger partial charge < -0.3 is 9.73 Å². The number of aromatic nitrogens is 1. The molecule has 1 N–H and O–H groups in total. The zero-order valence-electron chi connectivity index (χ0n) is 12.9. The highest BCUT2D eigenvalue weighted by atomic mass is 35.5. The quantitative estimate of drug-likeness (QED) is 0.566. The number of carbonyl (C=O) groups is 1. The number of non-ortho nitro benzene ring substituents is 1. The fourth-order valence-corrected chi connectivity index (χ4v) is 2.65. The van der Waals surface area contributed by atoms with Crippen molar-refractivity contribution in [3.8, 4) is 0 Å². The van der Waals surface area contributed by atoms with E-state index in [4.69, 9.17) is 16.0 Å². The summed E-state index contributed by atoms with van der Waals surface area (Å²) in [6.45, 7) is 1.54. The van der Waals surface area contributed by atoms with Crippen LogP contribution in [-0.2, 0) is 4.79 Å². The van der Waals surface area contributed by atoms with Gasteiger partial charge in [-0.15, -0.1) is 0 Å². The van der Waals surface area contributed by atoms with Gasteiger partial charge in [-0.25, -0.2) is 4.79 Å². The van der Waals surface area contributed by atoms with E-state index < -0.39 is 22.6 Å². The average Bonchev–Trinajstić information content (AvgIpc) is 2.91. The summed E-state index contributed by atoms with van der Waals surface area (Å²) in [5, 5.41) is 13.3. The number of carbonyl (C=O) groups excluding carboxylic acids is 1. The fourth-order valence-electron chi connectivity index (χ4n) is 2.42. The van der Waals surface area contributed by atoms with Gasteiger partial charge in [0.2, 0.25) is 5.91 Å². The second-order valence-electron chi connectivity index (χ2n) is 5.29. The molecular formula is C16H12ClN3O5. The molecule has 0 fully saturated rings. The van der Waals surface area contributed by atoms with Crippen molar-refractivity contribution in [2.75, 3.05) is 5.32 Å². The predicted octanol–water partition coefficient (Wildman–Crippen LogP) is 3.36. The molecular weight excluding hydrogens is 350 g/mol. The van der Waals surface area contributed by atoms with Gasteiger partial charge in [-0.05, 0) is 25.1 Å². The molecule has 0 bridgehead atoms. The highest BCUT2D eigenvalue weighted by Gasteiger charge is 2.22. The minimum absolute atomic E-state index is 0.0270. The maximum Gasteiger partial charge on any atom is 0.420 e. The lowest BCUT2D eigenvalue weighted by Gasteiger charge is -2.14. The first kappa shape index (κ1) is 16.7. The molecule has 0 aliphatic carbocycles. The van der Waals surface area contributed by atoms with Crippen molar-refractivity contribution >= 4 is 40.0 Å². The maximum absolute atomic E-state index is 12.5. The van der Waals surface area contributed by atoms with Gasteiger partial charge in [-0.3, -0.25) is 19.5 Å². The number of nitro groups is 1. The number of halogens is 1. The molecule has 1 amide bonds. The summed E-state index contributed by atoms with van der Waals surface area (Å²) in [6.07, 6.45) is 0. The van der Waals surface area contributed by atoms with Gasteiger partial charge in [0, 0.05) is 12.1 Å². The van der Waals surface area contributed by atoms with E-state index in [1.54, 1.807) is 24.3 Å². The molecule has 3 rings (SSSR count). The smallest absolute Gasteiger partial charge is 0.408 e. The van der Waals surface area contributed by atoms with Crippen molar-refractivity contribution in [3.05, 3.63) is 68.2 Å². The summed E-state index contributed by atoms with van der Waals surface area (Å²) in [4.78, 5) is 34.6. The van der Waals surface area contributed by atoms with Crippen LogP contribution in [0.4, 0.5) is 11.4 Å². The number of para-hydroxylation sites is 2. The summed E-state index contributed by atoms with van der Waals surface area (Å²) >= 11 is 5.97. The molecule has 0 aliphatic rings. The van der Waals surface area contributed by atoms with Gasteiger partial charge in [-0.2, -0.15) is 0 Å². The largest absolute Gasteiger partial charge is 0.420 e. The molecule has 8 nitrogen and oxygen atoms in total. The Balaban J connectivity index is 1.89. The van der Waals surface area contributed by atoms with Gasteiger partial charge >= 0.3 is 5.76 Å². The van der Waals surface area contributed by atoms with Crippen LogP contribution in [0.5, 0.6) is 0 Å². The number of amides is 1. The second kappa shape index (κ2) is 6.40. The van der Waals surface area contributed by atoms with Crippen molar-refractivity contribution in [1.82, 2.24) is 4.57 Å². The Morgan fingerprint density at radius 1 is 1.32 bits per heavy atom. The zero-order valence-corrected chi connectivity index (χ0v) is 13.7. The first-order chi connectivity index (χ1) is 11.9. The lowest BCUT2D eigenvalue weighted by atomic mass is 10.2. The summed E-state index contributed by atoms with van der Waals surface area (Å²) in [5.41, 5.74) is 0.892. The van der Waals surface area contributed by atoms with Gasteiger partial charge in [0.1, 0.15) is 6.04 Å². The predicted molar refractivity (Wildman–Crippen MR) is 91.9 cm³/mol. The van der Waals surface area contributed by atoms with Crippen LogP contribution in [0.15, 0.2) is 51.7 Å². The molecule has 2 aromatic carbocycles. The number of oxazole rings is 1. The van der Waals surface area contributed by atoms with E-state index in [-0.39, 0.29) is 16.4 Å². The van der Waals surface area contributed by atoms with E-state index in [9.17, 15) is 19.7 Å². The molecule has 1 aromatic heterocycles. The first-order valence-electron chi connectivity index (χ1n) is 7.23. The molecule has 128 valence electrons. The van der Waals surface area contributed by atoms with E-state index >= 15 is 0 Å². The van der Waals surface area contributed by atoms with Crippen molar-refractivity contribution in [2.45, 2.75) is 13.0 Å². The summed E-state index contributed by atoms with van der Waals surface area (Å²) < 4.78 is 6.34. The minimum atomic E-state index is -0.873. The number of nitrogens with one attached hydrogen (secondary N) is 1. The van der Waals surface area contributed by atoms with E-state index in [0.29, 0.717) is 11.1 Å². The van der Waals surface area contributed by atoms with E-state index in [1.807, 2.05) is 0 Å². The second-order valence-corrected chi connectivity index (χ2v) is 5.70. The van der Waals surface area contributed by atoms with Crippen LogP contribution in [0.3, 0.4) is 0 Å². The van der Waals surface area contributed by atoms with Crippen molar-refractivity contribution in [1.29, 1.82) is 0 Å². The van der Waals surface area contributed by atoms with Crippen LogP contribution in [0.1, 0.15) is 13.0 Å². The zero-order chi connectivity index (χ0) is 18.1. The van der Waals surface area contributed by atoms with Crippen molar-refractivity contribution in [3.63, 3.8) is 0 Å². The van der Waals surface area contributed by atoms with Crippen molar-refractivity contribution in [2.24, 2.45) is 0 Å². The summed E-state index contributed by atoms with van der Waals surface area (Å²) in [6, 6.07) is 9.58. The Morgan fingerprint density at radius 2 is 2.04 bits per heavy atom. The Morgan fingerprint density at radius 3 is 2.72 bits per heavy atom. The molecule has 0 aliphatic heterocycles. The molecule has 3 aromatic rings. The monoisotopic (exact) mass is 361 g/mol. The molecule has 1 unspecified atom stereocenters. The third kappa shape index (κ3) is 3.11. The standard InChI is InChI=1S/C16H12ClN3O5/c1-9(19-13-4-2-3-5-14(13)25-16(19)22)15(21)18-12-7-6-10(20(23)24)8-11(12)17/h2-9H,1H3,(H,18,21). The van der Waals surface area contributed by atoms with Gasteiger partial charge in [0.05, 0.1) is 21.2 Å². The third-order valence-electron chi connectivity index (χ3n) is 3.71. The molecule has 9 heteroatoms. The van der Waals surface area contributed by atoms with Crippen molar-refractivity contribution < 1.29 is 14.1 Å². The molecule has 1 atom stereocenters. The van der Waals surface area contributed by atoms with Crippen LogP contribution in [-0.4, -0.2) is 15.4 Å². The lowest BCUT2D eigenvalue weighted by Crippen LogP contribution is -2.29. The van der Waals surface area contributed by atoms with E-state index in [0.717, 1.165) is 6.07 Å². The number of nitrogens with zero attached hydrogens (tertiary/aromatic N) is 2. The van der Waals surface area contributed by atoms with E-state index in [1.165, 1.54) is 23.6 Å². The third-order valence-corrected chi connectivity index (χ3v) is 4.02. The highest BCUT2D eigenvalue weighted by molar-refractivity contribution is 6.34. The van der Waals surface area contributed by atoms with E-state index in [2.05, 4.69) is 5.32 Å². The molecule has 0 saturated carbocycles. The molecule has 0 radical (unpaired) electrons. The molecule has 25 heavy (non-hydrogen) atoms.